The fourth-order valence-electron chi connectivity index (χ4n) is 0.880. The van der Waals surface area contributed by atoms with Crippen LogP contribution in [0.5, 0.6) is 0 Å². The highest BCUT2D eigenvalue weighted by Gasteiger charge is 2.10. The molecule has 0 bridgehead atoms. The molecule has 0 unspecified atom stereocenters. The third-order valence-corrected chi connectivity index (χ3v) is 1.70. The number of pyridine rings is 1. The first kappa shape index (κ1) is 9.95. The Bertz CT molecular complexity index is 327. The number of hydrogen-bond acceptors (Lipinski definition) is 3. The van der Waals surface area contributed by atoms with Gasteiger partial charge in [0.25, 0.3) is 0 Å². The molecule has 0 aliphatic carbocycles. The van der Waals surface area contributed by atoms with Crippen molar-refractivity contribution >= 4 is 17.6 Å². The van der Waals surface area contributed by atoms with Crippen LogP contribution in [0.15, 0.2) is 12.3 Å². The predicted octanol–water partition coefficient (Wildman–Crippen LogP) is 1.58. The van der Waals surface area contributed by atoms with Gasteiger partial charge in [-0.2, -0.15) is 0 Å². The molecule has 1 heterocycles. The van der Waals surface area contributed by atoms with Crippen LogP contribution < -0.4 is 0 Å². The summed E-state index contributed by atoms with van der Waals surface area (Å²) >= 11 is 5.66. The van der Waals surface area contributed by atoms with Crippen molar-refractivity contribution in [1.82, 2.24) is 4.98 Å². The molecule has 1 aromatic heterocycles. The van der Waals surface area contributed by atoms with Crippen molar-refractivity contribution < 1.29 is 14.6 Å². The lowest BCUT2D eigenvalue weighted by Gasteiger charge is -2.01. The van der Waals surface area contributed by atoms with E-state index in [2.05, 4.69) is 4.98 Å². The molecule has 1 rings (SSSR count). The number of ether oxygens (including phenoxy) is 1. The molecule has 0 amide bonds. The first-order valence-corrected chi connectivity index (χ1v) is 3.89. The van der Waals surface area contributed by atoms with Gasteiger partial charge in [0.05, 0.1) is 11.6 Å². The Morgan fingerprint density at radius 1 is 1.77 bits per heavy atom. The minimum Gasteiger partial charge on any atom is -0.476 e. The van der Waals surface area contributed by atoms with E-state index in [-0.39, 0.29) is 10.7 Å². The number of methoxy groups -OCH3 is 1. The monoisotopic (exact) mass is 201 g/mol. The van der Waals surface area contributed by atoms with E-state index in [1.165, 1.54) is 12.3 Å². The zero-order valence-electron chi connectivity index (χ0n) is 6.95. The first-order chi connectivity index (χ1) is 6.15. The van der Waals surface area contributed by atoms with Gasteiger partial charge in [0.1, 0.15) is 0 Å². The summed E-state index contributed by atoms with van der Waals surface area (Å²) in [6.45, 7) is 0.368. The van der Waals surface area contributed by atoms with Gasteiger partial charge >= 0.3 is 5.97 Å². The van der Waals surface area contributed by atoms with E-state index in [4.69, 9.17) is 21.4 Å². The van der Waals surface area contributed by atoms with Crippen LogP contribution in [0.3, 0.4) is 0 Å². The zero-order chi connectivity index (χ0) is 9.84. The SMILES string of the molecule is COCc1cnc(C(=O)O)c(Cl)c1. The molecule has 1 aromatic rings. The van der Waals surface area contributed by atoms with E-state index < -0.39 is 5.97 Å². The summed E-state index contributed by atoms with van der Waals surface area (Å²) in [4.78, 5) is 14.2. The number of nitrogens with zero attached hydrogens (tertiary/aromatic N) is 1. The molecule has 5 heteroatoms. The Hall–Kier alpha value is -1.13. The molecule has 0 saturated heterocycles. The Labute approximate surface area is 80.1 Å². The molecule has 0 radical (unpaired) electrons. The Kier molecular flexibility index (Phi) is 3.22. The average molecular weight is 202 g/mol. The summed E-state index contributed by atoms with van der Waals surface area (Å²) in [5.74, 6) is -1.13. The molecule has 1 N–H and O–H groups in total. The van der Waals surface area contributed by atoms with Crippen molar-refractivity contribution in [3.05, 3.63) is 28.5 Å². The molecule has 0 spiro atoms. The van der Waals surface area contributed by atoms with Crippen molar-refractivity contribution in [3.8, 4) is 0 Å². The maximum atomic E-state index is 10.5. The van der Waals surface area contributed by atoms with Crippen LogP contribution in [0.2, 0.25) is 5.02 Å². The van der Waals surface area contributed by atoms with E-state index in [1.807, 2.05) is 0 Å². The molecule has 13 heavy (non-hydrogen) atoms. The van der Waals surface area contributed by atoms with E-state index in [1.54, 1.807) is 7.11 Å². The van der Waals surface area contributed by atoms with Crippen LogP contribution in [0.1, 0.15) is 16.1 Å². The van der Waals surface area contributed by atoms with Crippen LogP contribution in [0.25, 0.3) is 0 Å². The van der Waals surface area contributed by atoms with Gasteiger partial charge in [-0.05, 0) is 11.6 Å². The summed E-state index contributed by atoms with van der Waals surface area (Å²) < 4.78 is 4.84. The number of aromatic nitrogens is 1. The summed E-state index contributed by atoms with van der Waals surface area (Å²) in [7, 11) is 1.54. The number of carbonyl (C=O) groups is 1. The highest BCUT2D eigenvalue weighted by Crippen LogP contribution is 2.15. The van der Waals surface area contributed by atoms with Gasteiger partial charge in [-0.3, -0.25) is 0 Å². The summed E-state index contributed by atoms with van der Waals surface area (Å²) in [6, 6.07) is 1.53. The molecule has 4 nitrogen and oxygen atoms in total. The smallest absolute Gasteiger partial charge is 0.356 e. The van der Waals surface area contributed by atoms with Gasteiger partial charge in [-0.1, -0.05) is 11.6 Å². The van der Waals surface area contributed by atoms with Crippen molar-refractivity contribution in [2.45, 2.75) is 6.61 Å². The highest BCUT2D eigenvalue weighted by molar-refractivity contribution is 6.33. The second-order valence-corrected chi connectivity index (χ2v) is 2.82. The Morgan fingerprint density at radius 2 is 2.46 bits per heavy atom. The lowest BCUT2D eigenvalue weighted by molar-refractivity contribution is 0.0690. The summed E-state index contributed by atoms with van der Waals surface area (Å²) in [6.07, 6.45) is 1.43. The predicted molar refractivity (Wildman–Crippen MR) is 46.9 cm³/mol. The third kappa shape index (κ3) is 2.40. The fourth-order valence-corrected chi connectivity index (χ4v) is 1.15. The third-order valence-electron chi connectivity index (χ3n) is 1.41. The van der Waals surface area contributed by atoms with Crippen molar-refractivity contribution in [1.29, 1.82) is 0 Å². The van der Waals surface area contributed by atoms with E-state index in [0.717, 1.165) is 5.56 Å². The average Bonchev–Trinajstić information content (AvgIpc) is 2.04. The van der Waals surface area contributed by atoms with Gasteiger partial charge in [-0.15, -0.1) is 0 Å². The van der Waals surface area contributed by atoms with E-state index >= 15 is 0 Å². The number of halogens is 1. The van der Waals surface area contributed by atoms with E-state index in [9.17, 15) is 4.79 Å². The topological polar surface area (TPSA) is 59.4 Å². The van der Waals surface area contributed by atoms with Crippen LogP contribution in [0.4, 0.5) is 0 Å². The molecule has 0 saturated carbocycles. The molecule has 70 valence electrons. The summed E-state index contributed by atoms with van der Waals surface area (Å²) in [5.41, 5.74) is 0.610. The molecule has 0 aliphatic rings. The molecule has 0 fully saturated rings. The van der Waals surface area contributed by atoms with Gasteiger partial charge in [0, 0.05) is 13.3 Å². The minimum absolute atomic E-state index is 0.127. The number of rotatable bonds is 3. The van der Waals surface area contributed by atoms with Crippen LogP contribution in [0, 0.1) is 0 Å². The number of carboxylic acid groups (broad SMARTS) is 1. The minimum atomic E-state index is -1.13. The van der Waals surface area contributed by atoms with Gasteiger partial charge in [0.2, 0.25) is 0 Å². The van der Waals surface area contributed by atoms with Crippen molar-refractivity contribution in [2.75, 3.05) is 7.11 Å². The number of aromatic carboxylic acids is 1. The highest BCUT2D eigenvalue weighted by atomic mass is 35.5. The van der Waals surface area contributed by atoms with Gasteiger partial charge < -0.3 is 9.84 Å². The molecular weight excluding hydrogens is 194 g/mol. The number of hydrogen-bond donors (Lipinski definition) is 1. The fraction of sp³-hybridized carbons (Fsp3) is 0.250. The Balaban J connectivity index is 2.98. The van der Waals surface area contributed by atoms with Crippen molar-refractivity contribution in [2.24, 2.45) is 0 Å². The lowest BCUT2D eigenvalue weighted by atomic mass is 10.2. The van der Waals surface area contributed by atoms with Crippen molar-refractivity contribution in [3.63, 3.8) is 0 Å². The lowest BCUT2D eigenvalue weighted by Crippen LogP contribution is -2.02. The van der Waals surface area contributed by atoms with E-state index in [0.29, 0.717) is 6.61 Å². The normalized spacial score (nSPS) is 10.0. The first-order valence-electron chi connectivity index (χ1n) is 3.52. The van der Waals surface area contributed by atoms with Crippen LogP contribution >= 0.6 is 11.6 Å². The van der Waals surface area contributed by atoms with Crippen LogP contribution in [-0.2, 0) is 11.3 Å². The zero-order valence-corrected chi connectivity index (χ0v) is 7.71. The molecular formula is C8H8ClNO3. The molecule has 0 aromatic carbocycles. The van der Waals surface area contributed by atoms with Gasteiger partial charge in [0.15, 0.2) is 5.69 Å². The molecule has 0 aliphatic heterocycles. The second kappa shape index (κ2) is 4.20. The number of carboxylic acids is 1. The maximum Gasteiger partial charge on any atom is 0.356 e. The largest absolute Gasteiger partial charge is 0.476 e. The van der Waals surface area contributed by atoms with Crippen LogP contribution in [-0.4, -0.2) is 23.2 Å². The Morgan fingerprint density at radius 3 is 2.92 bits per heavy atom. The van der Waals surface area contributed by atoms with Gasteiger partial charge in [-0.25, -0.2) is 9.78 Å². The molecule has 0 atom stereocenters. The maximum absolute atomic E-state index is 10.5. The summed E-state index contributed by atoms with van der Waals surface area (Å²) in [5, 5.41) is 8.74. The second-order valence-electron chi connectivity index (χ2n) is 2.41. The standard InChI is InChI=1S/C8H8ClNO3/c1-13-4-5-2-6(9)7(8(11)12)10-3-5/h2-3H,4H2,1H3,(H,11,12). The quantitative estimate of drug-likeness (QED) is 0.807.